The van der Waals surface area contributed by atoms with E-state index in [0.29, 0.717) is 11.8 Å². The smallest absolute Gasteiger partial charge is 0.0672 e. The summed E-state index contributed by atoms with van der Waals surface area (Å²) in [5.41, 5.74) is 2.50. The summed E-state index contributed by atoms with van der Waals surface area (Å²) in [6.07, 6.45) is 8.65. The number of nitrogens with zero attached hydrogens (tertiary/aromatic N) is 1. The molecule has 1 saturated carbocycles. The fourth-order valence-corrected chi connectivity index (χ4v) is 4.00. The molecular formula is C19H26BrNS. The molecule has 1 aliphatic carbocycles. The van der Waals surface area contributed by atoms with Crippen LogP contribution < -0.4 is 0 Å². The number of halogens is 1. The molecule has 1 atom stereocenters. The van der Waals surface area contributed by atoms with Crippen LogP contribution in [0, 0.1) is 5.92 Å². The molecule has 1 unspecified atom stereocenters. The van der Waals surface area contributed by atoms with Crippen LogP contribution >= 0.6 is 28.6 Å². The first kappa shape index (κ1) is 17.7. The number of rotatable bonds is 5. The first-order chi connectivity index (χ1) is 10.5. The molecule has 0 spiro atoms. The van der Waals surface area contributed by atoms with E-state index in [1.54, 1.807) is 0 Å². The number of likely N-dealkylation sites (N-methyl/N-ethyl adjacent to an activating group) is 1. The van der Waals surface area contributed by atoms with Crippen LogP contribution in [0.15, 0.2) is 52.1 Å². The first-order valence-electron chi connectivity index (χ1n) is 8.08. The molecule has 1 aliphatic rings. The van der Waals surface area contributed by atoms with Gasteiger partial charge < -0.3 is 4.90 Å². The van der Waals surface area contributed by atoms with Gasteiger partial charge in [-0.05, 0) is 43.4 Å². The molecule has 0 N–H and O–H groups in total. The third-order valence-corrected chi connectivity index (χ3v) is 5.77. The summed E-state index contributed by atoms with van der Waals surface area (Å²) in [6, 6.07) is 8.69. The van der Waals surface area contributed by atoms with Crippen LogP contribution in [0.1, 0.15) is 50.5 Å². The van der Waals surface area contributed by atoms with Gasteiger partial charge >= 0.3 is 0 Å². The van der Waals surface area contributed by atoms with E-state index in [2.05, 4.69) is 71.4 Å². The Hall–Kier alpha value is -0.670. The van der Waals surface area contributed by atoms with Gasteiger partial charge in [0.25, 0.3) is 0 Å². The zero-order valence-corrected chi connectivity index (χ0v) is 16.0. The fraction of sp³-hybridized carbons (Fsp3) is 0.474. The second-order valence-corrected chi connectivity index (χ2v) is 7.50. The summed E-state index contributed by atoms with van der Waals surface area (Å²) in [7, 11) is 2.07. The Morgan fingerprint density at radius 2 is 2.05 bits per heavy atom. The molecule has 0 heterocycles. The van der Waals surface area contributed by atoms with Gasteiger partial charge in [-0.15, -0.1) is 12.6 Å². The summed E-state index contributed by atoms with van der Waals surface area (Å²) >= 11 is 8.19. The molecule has 0 aromatic heterocycles. The summed E-state index contributed by atoms with van der Waals surface area (Å²) in [4.78, 5) is 2.13. The Morgan fingerprint density at radius 1 is 1.36 bits per heavy atom. The first-order valence-corrected chi connectivity index (χ1v) is 9.32. The molecule has 0 bridgehead atoms. The Labute approximate surface area is 149 Å². The quantitative estimate of drug-likeness (QED) is 0.583. The topological polar surface area (TPSA) is 3.24 Å². The minimum atomic E-state index is 0.366. The SMILES string of the molecule is C=C(C(c1cccc(Br)c1)C1CCCCC1)N(C)/C(S)=C\C. The lowest BCUT2D eigenvalue weighted by Crippen LogP contribution is -2.26. The molecule has 3 heteroatoms. The summed E-state index contributed by atoms with van der Waals surface area (Å²) in [5, 5.41) is 0.959. The third-order valence-electron chi connectivity index (χ3n) is 4.72. The molecule has 0 amide bonds. The molecule has 0 saturated heterocycles. The average molecular weight is 380 g/mol. The van der Waals surface area contributed by atoms with Gasteiger partial charge in [-0.3, -0.25) is 0 Å². The van der Waals surface area contributed by atoms with Gasteiger partial charge in [0.05, 0.1) is 5.03 Å². The summed E-state index contributed by atoms with van der Waals surface area (Å²) < 4.78 is 1.14. The Kier molecular flexibility index (Phi) is 6.64. The van der Waals surface area contributed by atoms with Crippen LogP contribution in [0.5, 0.6) is 0 Å². The summed E-state index contributed by atoms with van der Waals surface area (Å²) in [5.74, 6) is 1.04. The van der Waals surface area contributed by atoms with Crippen LogP contribution in [0.2, 0.25) is 0 Å². The van der Waals surface area contributed by atoms with Gasteiger partial charge in [0.2, 0.25) is 0 Å². The number of hydrogen-bond donors (Lipinski definition) is 1. The van der Waals surface area contributed by atoms with E-state index in [-0.39, 0.29) is 0 Å². The molecule has 1 aromatic rings. The van der Waals surface area contributed by atoms with Crippen molar-refractivity contribution >= 4 is 28.6 Å². The van der Waals surface area contributed by atoms with Gasteiger partial charge in [-0.1, -0.05) is 60.0 Å². The normalized spacial score (nSPS) is 18.1. The highest BCUT2D eigenvalue weighted by Gasteiger charge is 2.29. The minimum absolute atomic E-state index is 0.366. The maximum atomic E-state index is 4.57. The van der Waals surface area contributed by atoms with Gasteiger partial charge in [-0.25, -0.2) is 0 Å². The van der Waals surface area contributed by atoms with Gasteiger partial charge in [0.1, 0.15) is 0 Å². The van der Waals surface area contributed by atoms with Crippen molar-refractivity contribution in [3.05, 3.63) is 57.7 Å². The van der Waals surface area contributed by atoms with Crippen molar-refractivity contribution in [3.8, 4) is 0 Å². The highest BCUT2D eigenvalue weighted by molar-refractivity contribution is 9.10. The molecule has 120 valence electrons. The highest BCUT2D eigenvalue weighted by atomic mass is 79.9. The van der Waals surface area contributed by atoms with Crippen LogP contribution in [-0.4, -0.2) is 11.9 Å². The van der Waals surface area contributed by atoms with Crippen LogP contribution in [-0.2, 0) is 0 Å². The predicted octanol–water partition coefficient (Wildman–Crippen LogP) is 6.35. The van der Waals surface area contributed by atoms with E-state index in [9.17, 15) is 0 Å². The van der Waals surface area contributed by atoms with E-state index in [4.69, 9.17) is 0 Å². The number of allylic oxidation sites excluding steroid dienone is 2. The van der Waals surface area contributed by atoms with Gasteiger partial charge in [0, 0.05) is 23.1 Å². The van der Waals surface area contributed by atoms with Crippen molar-refractivity contribution in [1.82, 2.24) is 4.90 Å². The Morgan fingerprint density at radius 3 is 2.64 bits per heavy atom. The predicted molar refractivity (Wildman–Crippen MR) is 103 cm³/mol. The molecule has 1 aromatic carbocycles. The molecule has 2 rings (SSSR count). The lowest BCUT2D eigenvalue weighted by atomic mass is 9.75. The highest BCUT2D eigenvalue weighted by Crippen LogP contribution is 2.42. The van der Waals surface area contributed by atoms with Crippen molar-refractivity contribution in [2.45, 2.75) is 44.9 Å². The van der Waals surface area contributed by atoms with Crippen molar-refractivity contribution < 1.29 is 0 Å². The lowest BCUT2D eigenvalue weighted by molar-refractivity contribution is 0.301. The molecule has 0 radical (unpaired) electrons. The minimum Gasteiger partial charge on any atom is -0.343 e. The molecule has 1 fully saturated rings. The summed E-state index contributed by atoms with van der Waals surface area (Å²) in [6.45, 7) is 6.44. The second kappa shape index (κ2) is 8.26. The second-order valence-electron chi connectivity index (χ2n) is 6.13. The van der Waals surface area contributed by atoms with Crippen molar-refractivity contribution in [1.29, 1.82) is 0 Å². The number of benzene rings is 1. The average Bonchev–Trinajstić information content (AvgIpc) is 2.54. The van der Waals surface area contributed by atoms with E-state index in [1.807, 2.05) is 13.0 Å². The van der Waals surface area contributed by atoms with E-state index in [1.165, 1.54) is 37.7 Å². The van der Waals surface area contributed by atoms with Crippen LogP contribution in [0.4, 0.5) is 0 Å². The zero-order valence-electron chi connectivity index (χ0n) is 13.6. The van der Waals surface area contributed by atoms with Crippen LogP contribution in [0.3, 0.4) is 0 Å². The zero-order chi connectivity index (χ0) is 16.1. The maximum absolute atomic E-state index is 4.57. The van der Waals surface area contributed by atoms with E-state index < -0.39 is 0 Å². The molecule has 1 nitrogen and oxygen atoms in total. The molecule has 0 aliphatic heterocycles. The van der Waals surface area contributed by atoms with Crippen molar-refractivity contribution in [2.24, 2.45) is 5.92 Å². The van der Waals surface area contributed by atoms with Crippen molar-refractivity contribution in [2.75, 3.05) is 7.05 Å². The number of thiol groups is 1. The van der Waals surface area contributed by atoms with Gasteiger partial charge in [-0.2, -0.15) is 0 Å². The Balaban J connectivity index is 2.34. The standard InChI is InChI=1S/C19H26BrNS/c1-4-18(22)21(3)14(2)19(15-9-6-5-7-10-15)16-11-8-12-17(20)13-16/h4,8,11-13,15,19,22H,2,5-7,9-10H2,1,3H3/b18-4+. The fourth-order valence-electron chi connectivity index (χ4n) is 3.45. The molecule has 22 heavy (non-hydrogen) atoms. The van der Waals surface area contributed by atoms with Crippen molar-refractivity contribution in [3.63, 3.8) is 0 Å². The maximum Gasteiger partial charge on any atom is 0.0672 e. The Bertz CT molecular complexity index is 546. The monoisotopic (exact) mass is 379 g/mol. The lowest BCUT2D eigenvalue weighted by Gasteiger charge is -2.36. The third kappa shape index (κ3) is 4.20. The van der Waals surface area contributed by atoms with Crippen LogP contribution in [0.25, 0.3) is 0 Å². The van der Waals surface area contributed by atoms with E-state index >= 15 is 0 Å². The number of hydrogen-bond acceptors (Lipinski definition) is 2. The van der Waals surface area contributed by atoms with E-state index in [0.717, 1.165) is 15.2 Å². The van der Waals surface area contributed by atoms with Gasteiger partial charge in [0.15, 0.2) is 0 Å². The molecular weight excluding hydrogens is 354 g/mol. The largest absolute Gasteiger partial charge is 0.343 e.